The first-order valence-electron chi connectivity index (χ1n) is 7.31. The van der Waals surface area contributed by atoms with Crippen LogP contribution in [0.3, 0.4) is 0 Å². The van der Waals surface area contributed by atoms with Crippen LogP contribution in [-0.4, -0.2) is 36.1 Å². The second-order valence-corrected chi connectivity index (χ2v) is 7.46. The summed E-state index contributed by atoms with van der Waals surface area (Å²) in [5, 5.41) is 9.95. The molecule has 0 aliphatic heterocycles. The van der Waals surface area contributed by atoms with Gasteiger partial charge >= 0.3 is 5.97 Å². The molecule has 0 saturated carbocycles. The van der Waals surface area contributed by atoms with Gasteiger partial charge in [-0.05, 0) is 37.0 Å². The summed E-state index contributed by atoms with van der Waals surface area (Å²) in [5.41, 5.74) is 1.83. The van der Waals surface area contributed by atoms with E-state index in [0.29, 0.717) is 36.0 Å². The summed E-state index contributed by atoms with van der Waals surface area (Å²) < 4.78 is 26.8. The number of aromatic amines is 1. The van der Waals surface area contributed by atoms with Crippen LogP contribution in [0, 0.1) is 0 Å². The number of carboxylic acid groups (broad SMARTS) is 1. The van der Waals surface area contributed by atoms with Crippen molar-refractivity contribution >= 4 is 44.2 Å². The van der Waals surface area contributed by atoms with E-state index in [1.807, 2.05) is 6.92 Å². The highest BCUT2D eigenvalue weighted by Crippen LogP contribution is 2.29. The van der Waals surface area contributed by atoms with Crippen molar-refractivity contribution < 1.29 is 18.3 Å². The van der Waals surface area contributed by atoms with Gasteiger partial charge in [0.05, 0.1) is 22.5 Å². The van der Waals surface area contributed by atoms with Crippen molar-refractivity contribution in [2.45, 2.75) is 26.2 Å². The molecule has 1 heterocycles. The second kappa shape index (κ2) is 7.23. The maximum atomic E-state index is 12.2. The fraction of sp³-hybridized carbons (Fsp3) is 0.400. The molecule has 126 valence electrons. The molecule has 1 aromatic carbocycles. The van der Waals surface area contributed by atoms with E-state index >= 15 is 0 Å². The quantitative estimate of drug-likeness (QED) is 0.498. The fourth-order valence-electron chi connectivity index (χ4n) is 2.39. The molecule has 0 radical (unpaired) electrons. The molecule has 0 fully saturated rings. The summed E-state index contributed by atoms with van der Waals surface area (Å²) >= 11 is 5.56. The van der Waals surface area contributed by atoms with E-state index in [1.54, 1.807) is 12.3 Å². The summed E-state index contributed by atoms with van der Waals surface area (Å²) in [6.45, 7) is 1.95. The lowest BCUT2D eigenvalue weighted by Crippen LogP contribution is -2.17. The van der Waals surface area contributed by atoms with Gasteiger partial charge in [-0.3, -0.25) is 4.72 Å². The molecule has 0 amide bonds. The zero-order chi connectivity index (χ0) is 17.0. The van der Waals surface area contributed by atoms with Gasteiger partial charge in [0, 0.05) is 17.5 Å². The van der Waals surface area contributed by atoms with Gasteiger partial charge in [-0.2, -0.15) is 0 Å². The van der Waals surface area contributed by atoms with Crippen LogP contribution in [0.5, 0.6) is 0 Å². The third kappa shape index (κ3) is 4.17. The number of nitrogens with one attached hydrogen (secondary N) is 2. The zero-order valence-electron chi connectivity index (χ0n) is 12.7. The number of benzene rings is 1. The van der Waals surface area contributed by atoms with E-state index < -0.39 is 16.0 Å². The average Bonchev–Trinajstić information content (AvgIpc) is 2.90. The Bertz CT molecular complexity index is 814. The van der Waals surface area contributed by atoms with E-state index in [0.717, 1.165) is 5.56 Å². The normalized spacial score (nSPS) is 11.7. The summed E-state index contributed by atoms with van der Waals surface area (Å²) in [4.78, 5) is 14.3. The Morgan fingerprint density at radius 1 is 1.35 bits per heavy atom. The minimum Gasteiger partial charge on any atom is -0.478 e. The van der Waals surface area contributed by atoms with Crippen molar-refractivity contribution in [1.82, 2.24) is 4.98 Å². The molecule has 2 rings (SSSR count). The molecule has 23 heavy (non-hydrogen) atoms. The Hall–Kier alpha value is -1.73. The number of aryl methyl sites for hydroxylation is 1. The highest BCUT2D eigenvalue weighted by molar-refractivity contribution is 7.92. The molecule has 0 bridgehead atoms. The van der Waals surface area contributed by atoms with E-state index in [-0.39, 0.29) is 17.0 Å². The molecule has 3 N–H and O–H groups in total. The number of carbonyl (C=O) groups is 1. The number of aromatic nitrogens is 1. The number of sulfonamides is 1. The van der Waals surface area contributed by atoms with E-state index in [9.17, 15) is 18.3 Å². The maximum Gasteiger partial charge on any atom is 0.335 e. The Balaban J connectivity index is 2.43. The SMILES string of the molecule is CCc1c[nH]c2c(NS(=O)(=O)CCCCCl)cc(C(=O)O)cc12. The molecule has 0 unspecified atom stereocenters. The number of carboxylic acids is 1. The largest absolute Gasteiger partial charge is 0.478 e. The van der Waals surface area contributed by atoms with Crippen LogP contribution in [0.15, 0.2) is 18.3 Å². The number of hydrogen-bond donors (Lipinski definition) is 3. The maximum absolute atomic E-state index is 12.2. The number of halogens is 1. The zero-order valence-corrected chi connectivity index (χ0v) is 14.3. The van der Waals surface area contributed by atoms with Crippen LogP contribution >= 0.6 is 11.6 Å². The molecule has 0 saturated heterocycles. The Morgan fingerprint density at radius 2 is 2.09 bits per heavy atom. The number of H-pyrrole nitrogens is 1. The highest BCUT2D eigenvalue weighted by atomic mass is 35.5. The minimum absolute atomic E-state index is 0.0465. The lowest BCUT2D eigenvalue weighted by molar-refractivity contribution is 0.0697. The summed E-state index contributed by atoms with van der Waals surface area (Å²) in [5.74, 6) is -0.748. The van der Waals surface area contributed by atoms with E-state index in [1.165, 1.54) is 6.07 Å². The number of rotatable bonds is 8. The molecular formula is C15H19ClN2O4S. The van der Waals surface area contributed by atoms with Crippen LogP contribution in [-0.2, 0) is 16.4 Å². The van der Waals surface area contributed by atoms with Crippen LogP contribution in [0.25, 0.3) is 10.9 Å². The molecule has 0 atom stereocenters. The third-order valence-corrected chi connectivity index (χ3v) is 5.19. The Labute approximate surface area is 139 Å². The highest BCUT2D eigenvalue weighted by Gasteiger charge is 2.17. The first-order valence-corrected chi connectivity index (χ1v) is 9.50. The average molecular weight is 359 g/mol. The number of unbranched alkanes of at least 4 members (excludes halogenated alkanes) is 1. The predicted molar refractivity (Wildman–Crippen MR) is 92.0 cm³/mol. The summed E-state index contributed by atoms with van der Waals surface area (Å²) in [6.07, 6.45) is 3.54. The van der Waals surface area contributed by atoms with Crippen molar-refractivity contribution in [2.24, 2.45) is 0 Å². The first kappa shape index (κ1) is 17.6. The molecule has 6 nitrogen and oxygen atoms in total. The number of aromatic carboxylic acids is 1. The van der Waals surface area contributed by atoms with Gasteiger partial charge in [-0.1, -0.05) is 6.92 Å². The topological polar surface area (TPSA) is 99.3 Å². The standard InChI is InChI=1S/C15H19ClN2O4S/c1-2-10-9-17-14-12(10)7-11(15(19)20)8-13(14)18-23(21,22)6-4-3-5-16/h7-9,17-18H,2-6H2,1H3,(H,19,20). The van der Waals surface area contributed by atoms with Crippen molar-refractivity contribution in [3.05, 3.63) is 29.5 Å². The predicted octanol–water partition coefficient (Wildman–Crippen LogP) is 3.19. The minimum atomic E-state index is -3.56. The van der Waals surface area contributed by atoms with Gasteiger partial charge in [-0.25, -0.2) is 13.2 Å². The smallest absolute Gasteiger partial charge is 0.335 e. The fourth-order valence-corrected chi connectivity index (χ4v) is 3.76. The molecular weight excluding hydrogens is 340 g/mol. The van der Waals surface area contributed by atoms with Crippen LogP contribution in [0.1, 0.15) is 35.7 Å². The van der Waals surface area contributed by atoms with Crippen LogP contribution < -0.4 is 4.72 Å². The van der Waals surface area contributed by atoms with Crippen LogP contribution in [0.2, 0.25) is 0 Å². The molecule has 0 spiro atoms. The monoisotopic (exact) mass is 358 g/mol. The Morgan fingerprint density at radius 3 is 2.70 bits per heavy atom. The lowest BCUT2D eigenvalue weighted by atomic mass is 10.1. The van der Waals surface area contributed by atoms with Gasteiger partial charge < -0.3 is 10.1 Å². The van der Waals surface area contributed by atoms with Crippen molar-refractivity contribution in [2.75, 3.05) is 16.4 Å². The molecule has 1 aromatic heterocycles. The summed E-state index contributed by atoms with van der Waals surface area (Å²) in [7, 11) is -3.56. The van der Waals surface area contributed by atoms with Crippen molar-refractivity contribution in [3.63, 3.8) is 0 Å². The van der Waals surface area contributed by atoms with E-state index in [2.05, 4.69) is 9.71 Å². The van der Waals surface area contributed by atoms with Gasteiger partial charge in [0.2, 0.25) is 10.0 Å². The van der Waals surface area contributed by atoms with Gasteiger partial charge in [0.1, 0.15) is 0 Å². The van der Waals surface area contributed by atoms with Crippen molar-refractivity contribution in [3.8, 4) is 0 Å². The lowest BCUT2D eigenvalue weighted by Gasteiger charge is -2.10. The first-order chi connectivity index (χ1) is 10.9. The van der Waals surface area contributed by atoms with Gasteiger partial charge in [0.25, 0.3) is 0 Å². The van der Waals surface area contributed by atoms with Gasteiger partial charge in [-0.15, -0.1) is 11.6 Å². The summed E-state index contributed by atoms with van der Waals surface area (Å²) in [6, 6.07) is 2.89. The molecule has 0 aliphatic carbocycles. The number of anilines is 1. The Kier molecular flexibility index (Phi) is 5.54. The number of fused-ring (bicyclic) bond motifs is 1. The van der Waals surface area contributed by atoms with E-state index in [4.69, 9.17) is 11.6 Å². The van der Waals surface area contributed by atoms with Crippen molar-refractivity contribution in [1.29, 1.82) is 0 Å². The second-order valence-electron chi connectivity index (χ2n) is 5.24. The molecule has 0 aliphatic rings. The molecule has 2 aromatic rings. The molecule has 8 heteroatoms. The third-order valence-electron chi connectivity index (χ3n) is 3.57. The van der Waals surface area contributed by atoms with Crippen LogP contribution in [0.4, 0.5) is 5.69 Å². The number of hydrogen-bond acceptors (Lipinski definition) is 3. The number of alkyl halides is 1. The van der Waals surface area contributed by atoms with Gasteiger partial charge in [0.15, 0.2) is 0 Å².